The number of methoxy groups -OCH3 is 1. The molecule has 1 heterocycles. The van der Waals surface area contributed by atoms with E-state index in [1.165, 1.54) is 7.11 Å². The molecule has 0 aliphatic rings. The second-order valence-corrected chi connectivity index (χ2v) is 3.71. The van der Waals surface area contributed by atoms with Crippen LogP contribution in [0.3, 0.4) is 0 Å². The van der Waals surface area contributed by atoms with Crippen molar-refractivity contribution in [3.05, 3.63) is 18.0 Å². The van der Waals surface area contributed by atoms with E-state index in [9.17, 15) is 13.2 Å². The van der Waals surface area contributed by atoms with Gasteiger partial charge in [-0.15, -0.1) is 0 Å². The average molecular weight is 301 g/mol. The summed E-state index contributed by atoms with van der Waals surface area (Å²) in [7, 11) is -1.48. The van der Waals surface area contributed by atoms with E-state index in [4.69, 9.17) is 4.74 Å². The zero-order chi connectivity index (χ0) is 15.5. The van der Waals surface area contributed by atoms with Gasteiger partial charge < -0.3 is 4.74 Å². The van der Waals surface area contributed by atoms with Gasteiger partial charge in [0.25, 0.3) is 0 Å². The number of amides is 2. The van der Waals surface area contributed by atoms with Crippen molar-refractivity contribution in [1.82, 2.24) is 15.0 Å². The largest absolute Gasteiger partial charge is 0.467 e. The minimum atomic E-state index is -2.82. The molecule has 0 saturated carbocycles. The molecule has 0 saturated heterocycles. The summed E-state index contributed by atoms with van der Waals surface area (Å²) in [5.74, 6) is 0.175. The summed E-state index contributed by atoms with van der Waals surface area (Å²) in [6.07, 6.45) is 4.00. The van der Waals surface area contributed by atoms with Crippen molar-refractivity contribution in [1.29, 1.82) is 0 Å². The van der Waals surface area contributed by atoms with E-state index >= 15 is 0 Å². The molecule has 0 unspecified atom stereocenters. The van der Waals surface area contributed by atoms with E-state index in [0.717, 1.165) is 0 Å². The van der Waals surface area contributed by atoms with Crippen LogP contribution in [0.2, 0.25) is 0 Å². The van der Waals surface area contributed by atoms with Gasteiger partial charge in [-0.05, 0) is 20.8 Å². The van der Waals surface area contributed by atoms with Gasteiger partial charge in [0.2, 0.25) is 5.95 Å². The van der Waals surface area contributed by atoms with Crippen molar-refractivity contribution in [2.24, 2.45) is 4.36 Å². The first kappa shape index (κ1) is 17.6. The first-order valence-corrected chi connectivity index (χ1v) is 6.42. The lowest BCUT2D eigenvalue weighted by Crippen LogP contribution is -2.11. The van der Waals surface area contributed by atoms with E-state index in [1.54, 1.807) is 6.92 Å². The molecule has 0 aromatic carbocycles. The van der Waals surface area contributed by atoms with E-state index in [-0.39, 0.29) is 12.0 Å². The highest BCUT2D eigenvalue weighted by Crippen LogP contribution is 2.06. The number of hydrogen-bond donors (Lipinski definition) is 1. The summed E-state index contributed by atoms with van der Waals surface area (Å²) in [6.45, 7) is 5.56. The Bertz CT molecular complexity index is 600. The second kappa shape index (κ2) is 9.55. The number of rotatable bonds is 2. The summed E-state index contributed by atoms with van der Waals surface area (Å²) in [5.41, 5.74) is 0. The van der Waals surface area contributed by atoms with Gasteiger partial charge in [0, 0.05) is 0 Å². The number of nitrogens with zero attached hydrogens (tertiary/aromatic N) is 4. The molecular formula is C10H15N5O4S. The average Bonchev–Trinajstić information content (AvgIpc) is 2.37. The third-order valence-corrected chi connectivity index (χ3v) is 1.93. The minimum absolute atomic E-state index is 0.00560. The first-order valence-electron chi connectivity index (χ1n) is 5.39. The molecule has 2 amide bonds. The Hall–Kier alpha value is -2.36. The van der Waals surface area contributed by atoms with Crippen LogP contribution >= 0.6 is 0 Å². The fourth-order valence-electron chi connectivity index (χ4n) is 0.791. The molecule has 110 valence electrons. The third-order valence-electron chi connectivity index (χ3n) is 1.62. The van der Waals surface area contributed by atoms with E-state index in [2.05, 4.69) is 19.3 Å². The molecule has 1 rings (SSSR count). The SMILES string of the molecule is CC=CC.COc1nc(C)nc(NC(=O)N=S(=O)=O)n1. The number of hydrogen-bond acceptors (Lipinski definition) is 7. The Balaban J connectivity index is 0.000000796. The summed E-state index contributed by atoms with van der Waals surface area (Å²) < 4.78 is 27.6. The van der Waals surface area contributed by atoms with Crippen LogP contribution in [0.4, 0.5) is 10.7 Å². The lowest BCUT2D eigenvalue weighted by Gasteiger charge is -2.02. The number of carbonyl (C=O) groups excluding carboxylic acids is 1. The number of allylic oxidation sites excluding steroid dienone is 2. The zero-order valence-corrected chi connectivity index (χ0v) is 12.3. The summed E-state index contributed by atoms with van der Waals surface area (Å²) in [6, 6.07) is -1.09. The number of urea groups is 1. The van der Waals surface area contributed by atoms with Crippen molar-refractivity contribution < 1.29 is 17.9 Å². The van der Waals surface area contributed by atoms with E-state index in [0.29, 0.717) is 5.82 Å². The molecule has 0 bridgehead atoms. The lowest BCUT2D eigenvalue weighted by molar-refractivity contribution is 0.259. The normalized spacial score (nSPS) is 9.40. The molecule has 0 atom stereocenters. The molecule has 1 N–H and O–H groups in total. The molecule has 20 heavy (non-hydrogen) atoms. The van der Waals surface area contributed by atoms with Crippen LogP contribution in [0.1, 0.15) is 19.7 Å². The molecule has 0 aliphatic carbocycles. The Morgan fingerprint density at radius 3 is 2.30 bits per heavy atom. The van der Waals surface area contributed by atoms with Crippen molar-refractivity contribution in [2.45, 2.75) is 20.8 Å². The number of anilines is 1. The Morgan fingerprint density at radius 2 is 1.85 bits per heavy atom. The van der Waals surface area contributed by atoms with Crippen molar-refractivity contribution in [3.8, 4) is 6.01 Å². The maximum Gasteiger partial charge on any atom is 0.362 e. The highest BCUT2D eigenvalue weighted by atomic mass is 32.2. The van der Waals surface area contributed by atoms with Gasteiger partial charge in [-0.25, -0.2) is 4.79 Å². The van der Waals surface area contributed by atoms with Gasteiger partial charge in [-0.3, -0.25) is 5.32 Å². The summed E-state index contributed by atoms with van der Waals surface area (Å²) in [4.78, 5) is 22.1. The van der Waals surface area contributed by atoms with Gasteiger partial charge in [0.05, 0.1) is 7.11 Å². The van der Waals surface area contributed by atoms with Gasteiger partial charge in [-0.2, -0.15) is 23.4 Å². The van der Waals surface area contributed by atoms with Crippen molar-refractivity contribution in [3.63, 3.8) is 0 Å². The first-order chi connectivity index (χ1) is 9.42. The van der Waals surface area contributed by atoms with Crippen LogP contribution in [-0.2, 0) is 10.5 Å². The Morgan fingerprint density at radius 1 is 1.25 bits per heavy atom. The monoisotopic (exact) mass is 301 g/mol. The molecular weight excluding hydrogens is 286 g/mol. The smallest absolute Gasteiger partial charge is 0.362 e. The summed E-state index contributed by atoms with van der Waals surface area (Å²) in [5, 5.41) is 2.05. The fraction of sp³-hybridized carbons (Fsp3) is 0.400. The molecule has 0 aliphatic heterocycles. The molecule has 0 fully saturated rings. The molecule has 1 aromatic heterocycles. The van der Waals surface area contributed by atoms with E-state index < -0.39 is 16.5 Å². The maximum absolute atomic E-state index is 10.9. The fourth-order valence-corrected chi connectivity index (χ4v) is 0.972. The summed E-state index contributed by atoms with van der Waals surface area (Å²) >= 11 is 0. The topological polar surface area (TPSA) is 124 Å². The van der Waals surface area contributed by atoms with Crippen LogP contribution in [0.25, 0.3) is 0 Å². The minimum Gasteiger partial charge on any atom is -0.467 e. The predicted octanol–water partition coefficient (Wildman–Crippen LogP) is 1.37. The molecule has 10 heteroatoms. The number of nitrogens with one attached hydrogen (secondary N) is 1. The quantitative estimate of drug-likeness (QED) is 0.818. The van der Waals surface area contributed by atoms with Gasteiger partial charge >= 0.3 is 22.5 Å². The Kier molecular flexibility index (Phi) is 8.43. The van der Waals surface area contributed by atoms with Gasteiger partial charge in [-0.1, -0.05) is 16.5 Å². The van der Waals surface area contributed by atoms with Crippen LogP contribution in [0, 0.1) is 6.92 Å². The molecule has 1 aromatic rings. The maximum atomic E-state index is 10.9. The lowest BCUT2D eigenvalue weighted by atomic mass is 10.6. The number of ether oxygens (including phenoxy) is 1. The van der Waals surface area contributed by atoms with Crippen LogP contribution in [0.15, 0.2) is 16.5 Å². The zero-order valence-electron chi connectivity index (χ0n) is 11.5. The Labute approximate surface area is 117 Å². The third kappa shape index (κ3) is 7.87. The number of carbonyl (C=O) groups is 1. The predicted molar refractivity (Wildman–Crippen MR) is 72.0 cm³/mol. The van der Waals surface area contributed by atoms with Crippen LogP contribution < -0.4 is 10.1 Å². The van der Waals surface area contributed by atoms with Crippen LogP contribution in [-0.4, -0.2) is 36.5 Å². The molecule has 0 spiro atoms. The number of aromatic nitrogens is 3. The van der Waals surface area contributed by atoms with Gasteiger partial charge in [0.1, 0.15) is 5.82 Å². The van der Waals surface area contributed by atoms with Crippen molar-refractivity contribution >= 4 is 22.5 Å². The van der Waals surface area contributed by atoms with E-state index in [1.807, 2.05) is 31.3 Å². The standard InChI is InChI=1S/C6H7N5O4S.C4H8/c1-3-7-4(10-6(8-3)15-2)9-5(12)11-16(13)14;1-3-4-2/h1-2H3,(H,7,8,9,10,12);3-4H,1-2H3. The molecule has 0 radical (unpaired) electrons. The highest BCUT2D eigenvalue weighted by molar-refractivity contribution is 7.62. The number of aryl methyl sites for hydroxylation is 1. The van der Waals surface area contributed by atoms with Crippen molar-refractivity contribution in [2.75, 3.05) is 12.4 Å². The van der Waals surface area contributed by atoms with Gasteiger partial charge in [0.15, 0.2) is 0 Å². The second-order valence-electron chi connectivity index (χ2n) is 3.10. The highest BCUT2D eigenvalue weighted by Gasteiger charge is 2.07. The van der Waals surface area contributed by atoms with Crippen LogP contribution in [0.5, 0.6) is 6.01 Å². The molecule has 9 nitrogen and oxygen atoms in total.